The maximum atomic E-state index is 12.6. The lowest BCUT2D eigenvalue weighted by molar-refractivity contribution is 0.0303. The van der Waals surface area contributed by atoms with E-state index >= 15 is 0 Å². The number of aryl methyl sites for hydroxylation is 2. The van der Waals surface area contributed by atoms with Crippen LogP contribution in [0.3, 0.4) is 0 Å². The predicted molar refractivity (Wildman–Crippen MR) is 91.2 cm³/mol. The highest BCUT2D eigenvalue weighted by atomic mass is 35.5. The average Bonchev–Trinajstić information content (AvgIpc) is 3.13. The maximum absolute atomic E-state index is 12.6. The molecule has 2 aromatic rings. The van der Waals surface area contributed by atoms with E-state index in [1.165, 1.54) is 6.07 Å². The van der Waals surface area contributed by atoms with E-state index in [9.17, 15) is 14.7 Å². The SMILES string of the molecule is O=C(O)c1cc(C(=O)N2CCOCC2)c(Cl)cc1CCc1ccco1. The molecule has 0 radical (unpaired) electrons. The van der Waals surface area contributed by atoms with Gasteiger partial charge in [0.05, 0.1) is 35.6 Å². The van der Waals surface area contributed by atoms with Crippen LogP contribution in [0.2, 0.25) is 5.02 Å². The highest BCUT2D eigenvalue weighted by Crippen LogP contribution is 2.25. The minimum atomic E-state index is -1.08. The lowest BCUT2D eigenvalue weighted by Crippen LogP contribution is -2.40. The fourth-order valence-corrected chi connectivity index (χ4v) is 3.10. The first-order valence-corrected chi connectivity index (χ1v) is 8.39. The quantitative estimate of drug-likeness (QED) is 0.883. The molecule has 1 aliphatic heterocycles. The molecule has 6 nitrogen and oxygen atoms in total. The number of rotatable bonds is 5. The first-order chi connectivity index (χ1) is 12.1. The van der Waals surface area contributed by atoms with Gasteiger partial charge in [0.1, 0.15) is 5.76 Å². The number of morpholine rings is 1. The summed E-state index contributed by atoms with van der Waals surface area (Å²) < 4.78 is 10.5. The summed E-state index contributed by atoms with van der Waals surface area (Å²) in [5.74, 6) is -0.587. The van der Waals surface area contributed by atoms with Gasteiger partial charge >= 0.3 is 5.97 Å². The first kappa shape index (κ1) is 17.5. The Morgan fingerprint density at radius 1 is 1.16 bits per heavy atom. The van der Waals surface area contributed by atoms with Crippen molar-refractivity contribution in [1.29, 1.82) is 0 Å². The Hall–Kier alpha value is -2.31. The lowest BCUT2D eigenvalue weighted by Gasteiger charge is -2.27. The topological polar surface area (TPSA) is 80.0 Å². The van der Waals surface area contributed by atoms with Gasteiger partial charge in [-0.3, -0.25) is 4.79 Å². The van der Waals surface area contributed by atoms with Crippen LogP contribution in [0, 0.1) is 0 Å². The molecule has 2 heterocycles. The second-order valence-electron chi connectivity index (χ2n) is 5.78. The van der Waals surface area contributed by atoms with E-state index in [4.69, 9.17) is 20.8 Å². The van der Waals surface area contributed by atoms with Gasteiger partial charge in [-0.2, -0.15) is 0 Å². The molecule has 25 heavy (non-hydrogen) atoms. The number of aromatic carboxylic acids is 1. The lowest BCUT2D eigenvalue weighted by atomic mass is 9.98. The van der Waals surface area contributed by atoms with Crippen LogP contribution >= 0.6 is 11.6 Å². The van der Waals surface area contributed by atoms with E-state index in [1.807, 2.05) is 6.07 Å². The molecule has 1 N–H and O–H groups in total. The van der Waals surface area contributed by atoms with Gasteiger partial charge in [0, 0.05) is 19.5 Å². The number of hydrogen-bond donors (Lipinski definition) is 1. The number of benzene rings is 1. The monoisotopic (exact) mass is 363 g/mol. The third-order valence-corrected chi connectivity index (χ3v) is 4.49. The Morgan fingerprint density at radius 2 is 1.92 bits per heavy atom. The van der Waals surface area contributed by atoms with Crippen molar-refractivity contribution in [3.63, 3.8) is 0 Å². The molecule has 1 fully saturated rings. The van der Waals surface area contributed by atoms with Crippen molar-refractivity contribution in [2.24, 2.45) is 0 Å². The van der Waals surface area contributed by atoms with Gasteiger partial charge in [-0.15, -0.1) is 0 Å². The van der Waals surface area contributed by atoms with E-state index in [1.54, 1.807) is 23.3 Å². The number of furan rings is 1. The van der Waals surface area contributed by atoms with Crippen LogP contribution in [0.15, 0.2) is 34.9 Å². The van der Waals surface area contributed by atoms with Gasteiger partial charge < -0.3 is 19.2 Å². The second kappa shape index (κ2) is 7.72. The summed E-state index contributed by atoms with van der Waals surface area (Å²) in [5.41, 5.74) is 0.878. The number of carbonyl (C=O) groups excluding carboxylic acids is 1. The number of amides is 1. The zero-order valence-electron chi connectivity index (χ0n) is 13.5. The van der Waals surface area contributed by atoms with Gasteiger partial charge in [-0.25, -0.2) is 4.79 Å². The standard InChI is InChI=1S/C18H18ClNO5/c19-16-10-12(3-4-13-2-1-7-25-13)14(18(22)23)11-15(16)17(21)20-5-8-24-9-6-20/h1-2,7,10-11H,3-6,8-9H2,(H,22,23). The molecule has 1 saturated heterocycles. The molecule has 0 atom stereocenters. The maximum Gasteiger partial charge on any atom is 0.335 e. The summed E-state index contributed by atoms with van der Waals surface area (Å²) in [7, 11) is 0. The zero-order valence-corrected chi connectivity index (χ0v) is 14.3. The highest BCUT2D eigenvalue weighted by molar-refractivity contribution is 6.34. The molecule has 0 saturated carbocycles. The van der Waals surface area contributed by atoms with Gasteiger partial charge in [0.2, 0.25) is 0 Å². The van der Waals surface area contributed by atoms with Crippen molar-refractivity contribution >= 4 is 23.5 Å². The van der Waals surface area contributed by atoms with Gasteiger partial charge in [0.25, 0.3) is 5.91 Å². The second-order valence-corrected chi connectivity index (χ2v) is 6.19. The highest BCUT2D eigenvalue weighted by Gasteiger charge is 2.23. The normalized spacial score (nSPS) is 14.5. The first-order valence-electron chi connectivity index (χ1n) is 8.01. The summed E-state index contributed by atoms with van der Waals surface area (Å²) in [6.45, 7) is 1.88. The van der Waals surface area contributed by atoms with E-state index < -0.39 is 5.97 Å². The summed E-state index contributed by atoms with van der Waals surface area (Å²) in [4.78, 5) is 25.9. The fraction of sp³-hybridized carbons (Fsp3) is 0.333. The fourth-order valence-electron chi connectivity index (χ4n) is 2.83. The van der Waals surface area contributed by atoms with Crippen LogP contribution in [0.25, 0.3) is 0 Å². The summed E-state index contributed by atoms with van der Waals surface area (Å²) in [6, 6.07) is 6.56. The molecule has 1 amide bonds. The largest absolute Gasteiger partial charge is 0.478 e. The number of nitrogens with zero attached hydrogens (tertiary/aromatic N) is 1. The van der Waals surface area contributed by atoms with Crippen molar-refractivity contribution in [2.45, 2.75) is 12.8 Å². The molecular formula is C18H18ClNO5. The van der Waals surface area contributed by atoms with Crippen LogP contribution in [0.5, 0.6) is 0 Å². The number of halogens is 1. The van der Waals surface area contributed by atoms with Gasteiger partial charge in [-0.1, -0.05) is 11.6 Å². The third-order valence-electron chi connectivity index (χ3n) is 4.17. The van der Waals surface area contributed by atoms with Crippen molar-refractivity contribution < 1.29 is 23.8 Å². The average molecular weight is 364 g/mol. The zero-order chi connectivity index (χ0) is 17.8. The summed E-state index contributed by atoms with van der Waals surface area (Å²) >= 11 is 6.29. The molecule has 0 aliphatic carbocycles. The van der Waals surface area contributed by atoms with Crippen molar-refractivity contribution in [2.75, 3.05) is 26.3 Å². The number of carboxylic acids is 1. The number of ether oxygens (including phenoxy) is 1. The summed E-state index contributed by atoms with van der Waals surface area (Å²) in [5, 5.41) is 9.78. The van der Waals surface area contributed by atoms with Gasteiger partial charge in [0.15, 0.2) is 0 Å². The molecule has 7 heteroatoms. The third kappa shape index (κ3) is 4.03. The number of carbonyl (C=O) groups is 2. The minimum absolute atomic E-state index is 0.0903. The molecule has 0 unspecified atom stereocenters. The molecule has 1 aliphatic rings. The Morgan fingerprint density at radius 3 is 2.56 bits per heavy atom. The summed E-state index contributed by atoms with van der Waals surface area (Å²) in [6.07, 6.45) is 2.59. The van der Waals surface area contributed by atoms with E-state index in [0.29, 0.717) is 44.7 Å². The van der Waals surface area contributed by atoms with E-state index in [2.05, 4.69) is 0 Å². The molecule has 0 bridgehead atoms. The van der Waals surface area contributed by atoms with Crippen molar-refractivity contribution in [3.8, 4) is 0 Å². The number of hydrogen-bond acceptors (Lipinski definition) is 4. The molecular weight excluding hydrogens is 346 g/mol. The molecule has 132 valence electrons. The Balaban J connectivity index is 1.86. The molecule has 1 aromatic carbocycles. The smallest absolute Gasteiger partial charge is 0.335 e. The van der Waals surface area contributed by atoms with E-state index in [0.717, 1.165) is 5.76 Å². The van der Waals surface area contributed by atoms with Crippen LogP contribution in [0.1, 0.15) is 32.0 Å². The predicted octanol–water partition coefficient (Wildman–Crippen LogP) is 2.89. The Kier molecular flexibility index (Phi) is 5.40. The Bertz CT molecular complexity index is 766. The van der Waals surface area contributed by atoms with Crippen LogP contribution in [-0.2, 0) is 17.6 Å². The molecule has 3 rings (SSSR count). The molecule has 1 aromatic heterocycles. The van der Waals surface area contributed by atoms with E-state index in [-0.39, 0.29) is 22.1 Å². The van der Waals surface area contributed by atoms with Crippen LogP contribution in [-0.4, -0.2) is 48.2 Å². The minimum Gasteiger partial charge on any atom is -0.478 e. The van der Waals surface area contributed by atoms with Crippen LogP contribution < -0.4 is 0 Å². The van der Waals surface area contributed by atoms with Crippen molar-refractivity contribution in [1.82, 2.24) is 4.90 Å². The molecule has 0 spiro atoms. The van der Waals surface area contributed by atoms with Crippen molar-refractivity contribution in [3.05, 3.63) is 58.0 Å². The Labute approximate surface area is 149 Å². The van der Waals surface area contributed by atoms with Crippen LogP contribution in [0.4, 0.5) is 0 Å². The van der Waals surface area contributed by atoms with Gasteiger partial charge in [-0.05, 0) is 36.2 Å². The number of carboxylic acid groups (broad SMARTS) is 1.